The molecule has 0 saturated carbocycles. The molecule has 3 saturated heterocycles. The highest BCUT2D eigenvalue weighted by Crippen LogP contribution is 2.32. The molecule has 2 bridgehead atoms. The lowest BCUT2D eigenvalue weighted by molar-refractivity contribution is -0.00789. The van der Waals surface area contributed by atoms with Gasteiger partial charge in [-0.15, -0.1) is 5.10 Å². The summed E-state index contributed by atoms with van der Waals surface area (Å²) in [6, 6.07) is 8.91. The molecule has 0 unspecified atom stereocenters. The van der Waals surface area contributed by atoms with Gasteiger partial charge in [-0.25, -0.2) is 9.37 Å². The van der Waals surface area contributed by atoms with Gasteiger partial charge < -0.3 is 14.0 Å². The number of halogens is 1. The first-order valence-electron chi connectivity index (χ1n) is 11.8. The molecule has 0 amide bonds. The molecule has 0 radical (unpaired) electrons. The molecule has 3 fully saturated rings. The number of hydrogen-bond acceptors (Lipinski definition) is 8. The van der Waals surface area contributed by atoms with Crippen LogP contribution >= 0.6 is 0 Å². The molecule has 1 atom stereocenters. The Labute approximate surface area is 202 Å². The molecule has 0 aliphatic carbocycles. The van der Waals surface area contributed by atoms with E-state index in [1.165, 1.54) is 13.2 Å². The van der Waals surface area contributed by atoms with E-state index < -0.39 is 0 Å². The number of aromatic nitrogens is 6. The molecule has 1 aromatic carbocycles. The van der Waals surface area contributed by atoms with E-state index in [1.54, 1.807) is 18.3 Å². The molecule has 0 spiro atoms. The largest absolute Gasteiger partial charge is 0.489 e. The summed E-state index contributed by atoms with van der Waals surface area (Å²) in [5.74, 6) is 1.31. The topological polar surface area (TPSA) is 91.1 Å². The summed E-state index contributed by atoms with van der Waals surface area (Å²) in [6.07, 6.45) is 4.01. The number of benzene rings is 1. The molecule has 35 heavy (non-hydrogen) atoms. The van der Waals surface area contributed by atoms with Gasteiger partial charge in [-0.05, 0) is 57.0 Å². The number of hydrogen-bond donors (Lipinski definition) is 0. The predicted octanol–water partition coefficient (Wildman–Crippen LogP) is 3.26. The van der Waals surface area contributed by atoms with Crippen molar-refractivity contribution in [2.24, 2.45) is 5.92 Å². The molecule has 7 rings (SSSR count). The Hall–Kier alpha value is -3.66. The van der Waals surface area contributed by atoms with Gasteiger partial charge >= 0.3 is 6.01 Å². The zero-order valence-electron chi connectivity index (χ0n) is 19.7. The summed E-state index contributed by atoms with van der Waals surface area (Å²) in [4.78, 5) is 16.0. The predicted molar refractivity (Wildman–Crippen MR) is 127 cm³/mol. The molecule has 0 N–H and O–H groups in total. The van der Waals surface area contributed by atoms with Gasteiger partial charge in [-0.3, -0.25) is 4.90 Å². The smallest absolute Gasteiger partial charge is 0.318 e. The van der Waals surface area contributed by atoms with Crippen LogP contribution in [0.2, 0.25) is 0 Å². The Morgan fingerprint density at radius 2 is 1.97 bits per heavy atom. The quantitative estimate of drug-likeness (QED) is 0.420. The lowest BCUT2D eigenvalue weighted by Gasteiger charge is -2.44. The van der Waals surface area contributed by atoms with Crippen LogP contribution in [0.4, 0.5) is 4.39 Å². The second-order valence-corrected chi connectivity index (χ2v) is 9.15. The third kappa shape index (κ3) is 4.07. The Bertz CT molecular complexity index is 1370. The average Bonchev–Trinajstić information content (AvgIpc) is 3.25. The molecular weight excluding hydrogens is 449 g/mol. The van der Waals surface area contributed by atoms with Crippen LogP contribution in [0.15, 0.2) is 36.5 Å². The van der Waals surface area contributed by atoms with E-state index in [-0.39, 0.29) is 24.5 Å². The SMILES string of the molecule is COc1nc(C)c2nc(-c3cccnn3)n(Cc3ccc(O[C@@H]4CN5CCC4CC5)cc3F)c2n1. The van der Waals surface area contributed by atoms with E-state index in [0.29, 0.717) is 45.6 Å². The number of methoxy groups -OCH3 is 1. The van der Waals surface area contributed by atoms with E-state index in [4.69, 9.17) is 14.5 Å². The van der Waals surface area contributed by atoms with E-state index >= 15 is 4.39 Å². The van der Waals surface area contributed by atoms with Crippen molar-refractivity contribution in [3.63, 3.8) is 0 Å². The maximum Gasteiger partial charge on any atom is 0.318 e. The number of aryl methyl sites for hydroxylation is 1. The highest BCUT2D eigenvalue weighted by atomic mass is 19.1. The fourth-order valence-corrected chi connectivity index (χ4v) is 5.09. The summed E-state index contributed by atoms with van der Waals surface area (Å²) < 4.78 is 28.6. The first-order valence-corrected chi connectivity index (χ1v) is 11.8. The monoisotopic (exact) mass is 475 g/mol. The van der Waals surface area contributed by atoms with E-state index in [2.05, 4.69) is 25.1 Å². The van der Waals surface area contributed by atoms with Gasteiger partial charge in [0.15, 0.2) is 11.5 Å². The maximum atomic E-state index is 15.3. The van der Waals surface area contributed by atoms with Crippen molar-refractivity contribution in [3.8, 4) is 23.3 Å². The van der Waals surface area contributed by atoms with E-state index in [1.807, 2.05) is 23.6 Å². The van der Waals surface area contributed by atoms with Crippen molar-refractivity contribution in [1.29, 1.82) is 0 Å². The van der Waals surface area contributed by atoms with E-state index in [9.17, 15) is 0 Å². The number of piperidine rings is 3. The van der Waals surface area contributed by atoms with Crippen LogP contribution < -0.4 is 9.47 Å². The Balaban J connectivity index is 1.35. The highest BCUT2D eigenvalue weighted by Gasteiger charge is 2.35. The minimum atomic E-state index is -0.339. The summed E-state index contributed by atoms with van der Waals surface area (Å²) in [6.45, 7) is 5.23. The van der Waals surface area contributed by atoms with Gasteiger partial charge in [-0.2, -0.15) is 15.1 Å². The first-order chi connectivity index (χ1) is 17.1. The minimum absolute atomic E-state index is 0.121. The number of ether oxygens (including phenoxy) is 2. The molecule has 3 aliphatic heterocycles. The molecule has 10 heteroatoms. The third-order valence-electron chi connectivity index (χ3n) is 6.97. The van der Waals surface area contributed by atoms with Crippen LogP contribution in [0, 0.1) is 18.7 Å². The summed E-state index contributed by atoms with van der Waals surface area (Å²) in [5.41, 5.74) is 2.87. The molecule has 4 aromatic rings. The Morgan fingerprint density at radius 1 is 1.11 bits per heavy atom. The fourth-order valence-electron chi connectivity index (χ4n) is 5.09. The van der Waals surface area contributed by atoms with Gasteiger partial charge in [-0.1, -0.05) is 6.07 Å². The normalized spacial score (nSPS) is 21.4. The second kappa shape index (κ2) is 8.84. The molecule has 6 heterocycles. The van der Waals surface area contributed by atoms with Crippen LogP contribution in [-0.4, -0.2) is 67.5 Å². The van der Waals surface area contributed by atoms with Crippen LogP contribution in [-0.2, 0) is 6.54 Å². The summed E-state index contributed by atoms with van der Waals surface area (Å²) in [5, 5.41) is 8.19. The van der Waals surface area contributed by atoms with Crippen LogP contribution in [0.1, 0.15) is 24.1 Å². The lowest BCUT2D eigenvalue weighted by Crippen LogP contribution is -2.52. The van der Waals surface area contributed by atoms with Crippen molar-refractivity contribution in [2.75, 3.05) is 26.7 Å². The summed E-state index contributed by atoms with van der Waals surface area (Å²) in [7, 11) is 1.51. The number of nitrogens with zero attached hydrogens (tertiary/aromatic N) is 7. The zero-order chi connectivity index (χ0) is 23.9. The van der Waals surface area contributed by atoms with Crippen LogP contribution in [0.3, 0.4) is 0 Å². The van der Waals surface area contributed by atoms with Crippen molar-refractivity contribution in [2.45, 2.75) is 32.4 Å². The highest BCUT2D eigenvalue weighted by molar-refractivity contribution is 5.78. The molecule has 3 aliphatic rings. The maximum absolute atomic E-state index is 15.3. The summed E-state index contributed by atoms with van der Waals surface area (Å²) >= 11 is 0. The van der Waals surface area contributed by atoms with Crippen molar-refractivity contribution in [1.82, 2.24) is 34.6 Å². The number of rotatable bonds is 6. The first kappa shape index (κ1) is 21.8. The lowest BCUT2D eigenvalue weighted by atomic mass is 9.86. The number of imidazole rings is 1. The van der Waals surface area contributed by atoms with Crippen LogP contribution in [0.25, 0.3) is 22.7 Å². The standard InChI is InChI=1S/C25H26FN7O2/c1-15-22-24(30-25(28-15)34-2)33(23(29-22)20-4-3-9-27-31-20)13-17-5-6-18(12-19(17)26)35-21-14-32-10-7-16(21)8-11-32/h3-6,9,12,16,21H,7-8,10-11,13-14H2,1-2H3/t21-/m1/s1. The second-order valence-electron chi connectivity index (χ2n) is 9.15. The molecule has 3 aromatic heterocycles. The Kier molecular flexibility index (Phi) is 5.52. The van der Waals surface area contributed by atoms with Crippen LogP contribution in [0.5, 0.6) is 11.8 Å². The molecule has 180 valence electrons. The van der Waals surface area contributed by atoms with Gasteiger partial charge in [0.2, 0.25) is 0 Å². The van der Waals surface area contributed by atoms with Crippen molar-refractivity contribution < 1.29 is 13.9 Å². The minimum Gasteiger partial charge on any atom is -0.489 e. The molecular formula is C25H26FN7O2. The van der Waals surface area contributed by atoms with E-state index in [0.717, 1.165) is 32.5 Å². The average molecular weight is 476 g/mol. The fraction of sp³-hybridized carbons (Fsp3) is 0.400. The van der Waals surface area contributed by atoms with Gasteiger partial charge in [0, 0.05) is 24.4 Å². The zero-order valence-corrected chi connectivity index (χ0v) is 19.7. The third-order valence-corrected chi connectivity index (χ3v) is 6.97. The van der Waals surface area contributed by atoms with Gasteiger partial charge in [0.1, 0.15) is 28.9 Å². The van der Waals surface area contributed by atoms with Gasteiger partial charge in [0.25, 0.3) is 0 Å². The number of fused-ring (bicyclic) bond motifs is 4. The molecule has 9 nitrogen and oxygen atoms in total. The van der Waals surface area contributed by atoms with Crippen molar-refractivity contribution >= 4 is 11.2 Å². The van der Waals surface area contributed by atoms with Gasteiger partial charge in [0.05, 0.1) is 19.3 Å². The van der Waals surface area contributed by atoms with Crippen molar-refractivity contribution in [3.05, 3.63) is 53.6 Å². The Morgan fingerprint density at radius 3 is 2.66 bits per heavy atom.